The summed E-state index contributed by atoms with van der Waals surface area (Å²) >= 11 is 0. The maximum atomic E-state index is 13.9. The van der Waals surface area contributed by atoms with Crippen LogP contribution in [-0.2, 0) is 59.5 Å². The molecule has 0 radical (unpaired) electrons. The van der Waals surface area contributed by atoms with Crippen LogP contribution in [0, 0.1) is 5.92 Å². The Bertz CT molecular complexity index is 1250. The first kappa shape index (κ1) is 28.4. The van der Waals surface area contributed by atoms with Gasteiger partial charge in [0.1, 0.15) is 19.8 Å². The second-order valence-corrected chi connectivity index (χ2v) is 10.8. The summed E-state index contributed by atoms with van der Waals surface area (Å²) in [7, 11) is -4.08. The summed E-state index contributed by atoms with van der Waals surface area (Å²) in [6, 6.07) is 37.4. The summed E-state index contributed by atoms with van der Waals surface area (Å²) in [5, 5.41) is 0. The molecule has 0 bridgehead atoms. The fourth-order valence-corrected chi connectivity index (χ4v) is 5.20. The molecule has 0 amide bonds. The Kier molecular flexibility index (Phi) is 11.0. The number of rotatable bonds is 15. The van der Waals surface area contributed by atoms with Gasteiger partial charge >= 0.3 is 13.6 Å². The second kappa shape index (κ2) is 15.1. The van der Waals surface area contributed by atoms with Crippen molar-refractivity contribution in [1.29, 1.82) is 0 Å². The van der Waals surface area contributed by atoms with E-state index in [9.17, 15) is 9.36 Å². The van der Waals surface area contributed by atoms with E-state index >= 15 is 0 Å². The third-order valence-electron chi connectivity index (χ3n) is 5.80. The lowest BCUT2D eigenvalue weighted by Gasteiger charge is -2.21. The van der Waals surface area contributed by atoms with E-state index in [1.807, 2.05) is 121 Å². The van der Waals surface area contributed by atoms with Crippen molar-refractivity contribution in [3.8, 4) is 0 Å². The van der Waals surface area contributed by atoms with E-state index in [4.69, 9.17) is 23.9 Å². The van der Waals surface area contributed by atoms with Gasteiger partial charge in [0.15, 0.2) is 0 Å². The van der Waals surface area contributed by atoms with Gasteiger partial charge in [0.05, 0.1) is 12.1 Å². The molecule has 4 rings (SSSR count). The monoisotopic (exact) mass is 546 g/mol. The van der Waals surface area contributed by atoms with E-state index in [1.54, 1.807) is 0 Å². The van der Waals surface area contributed by atoms with Crippen molar-refractivity contribution in [3.63, 3.8) is 0 Å². The van der Waals surface area contributed by atoms with Crippen molar-refractivity contribution in [2.24, 2.45) is 5.92 Å². The normalized spacial score (nSPS) is 12.1. The number of carbonyl (C=O) groups excluding carboxylic acids is 1. The van der Waals surface area contributed by atoms with Crippen LogP contribution in [0.3, 0.4) is 0 Å². The zero-order valence-electron chi connectivity index (χ0n) is 21.5. The molecule has 0 N–H and O–H groups in total. The third-order valence-corrected chi connectivity index (χ3v) is 7.35. The van der Waals surface area contributed by atoms with E-state index in [-0.39, 0.29) is 32.4 Å². The highest BCUT2D eigenvalue weighted by molar-refractivity contribution is 7.53. The molecule has 0 spiro atoms. The van der Waals surface area contributed by atoms with Crippen LogP contribution in [0.1, 0.15) is 22.3 Å². The molecule has 1 atom stereocenters. The highest BCUT2D eigenvalue weighted by atomic mass is 31.2. The quantitative estimate of drug-likeness (QED) is 0.0682. The molecule has 4 aromatic rings. The zero-order chi connectivity index (χ0) is 27.2. The number of esters is 1. The van der Waals surface area contributed by atoms with Gasteiger partial charge in [0, 0.05) is 0 Å². The van der Waals surface area contributed by atoms with E-state index < -0.39 is 19.5 Å². The number of hydrogen-bond donors (Lipinski definition) is 0. The third kappa shape index (κ3) is 9.91. The SMILES string of the molecule is O=C(OCc1ccccc1)C(Cc1ccccc1)CP(=O)(OOCc1ccccc1)OOCc1ccccc1. The average Bonchev–Trinajstić information content (AvgIpc) is 2.98. The summed E-state index contributed by atoms with van der Waals surface area (Å²) < 4.78 is 30.2. The fourth-order valence-electron chi connectivity index (χ4n) is 3.81. The maximum Gasteiger partial charge on any atom is 0.385 e. The summed E-state index contributed by atoms with van der Waals surface area (Å²) in [5.41, 5.74) is 3.35. The molecular formula is C31H31O7P. The molecule has 0 aliphatic rings. The first-order valence-corrected chi connectivity index (χ1v) is 14.4. The molecule has 0 heterocycles. The van der Waals surface area contributed by atoms with Gasteiger partial charge in [-0.25, -0.2) is 9.78 Å². The largest absolute Gasteiger partial charge is 0.461 e. The van der Waals surface area contributed by atoms with E-state index in [1.165, 1.54) is 0 Å². The molecule has 1 unspecified atom stereocenters. The minimum absolute atomic E-state index is 0.0364. The molecule has 0 aliphatic heterocycles. The molecule has 0 aromatic heterocycles. The number of benzene rings is 4. The predicted molar refractivity (Wildman–Crippen MR) is 147 cm³/mol. The average molecular weight is 547 g/mol. The number of hydrogen-bond acceptors (Lipinski definition) is 7. The van der Waals surface area contributed by atoms with Crippen molar-refractivity contribution >= 4 is 13.6 Å². The van der Waals surface area contributed by atoms with Gasteiger partial charge in [-0.1, -0.05) is 121 Å². The lowest BCUT2D eigenvalue weighted by Crippen LogP contribution is -2.25. The zero-order valence-corrected chi connectivity index (χ0v) is 22.4. The second-order valence-electron chi connectivity index (χ2n) is 8.92. The molecule has 4 aromatic carbocycles. The van der Waals surface area contributed by atoms with Crippen LogP contribution in [0.25, 0.3) is 0 Å². The van der Waals surface area contributed by atoms with Crippen LogP contribution in [-0.4, -0.2) is 12.1 Å². The topological polar surface area (TPSA) is 80.3 Å². The summed E-state index contributed by atoms with van der Waals surface area (Å²) in [6.45, 7) is 0.162. The van der Waals surface area contributed by atoms with Crippen molar-refractivity contribution in [2.45, 2.75) is 26.2 Å². The van der Waals surface area contributed by atoms with Gasteiger partial charge in [-0.3, -0.25) is 9.36 Å². The molecule has 0 saturated heterocycles. The van der Waals surface area contributed by atoms with Crippen molar-refractivity contribution < 1.29 is 33.2 Å². The van der Waals surface area contributed by atoms with Gasteiger partial charge in [0.2, 0.25) is 0 Å². The lowest BCUT2D eigenvalue weighted by atomic mass is 10.0. The Hall–Kier alpha value is -3.58. The van der Waals surface area contributed by atoms with Gasteiger partial charge in [-0.05, 0) is 28.7 Å². The Balaban J connectivity index is 1.47. The van der Waals surface area contributed by atoms with E-state index in [0.29, 0.717) is 0 Å². The lowest BCUT2D eigenvalue weighted by molar-refractivity contribution is -0.277. The van der Waals surface area contributed by atoms with Gasteiger partial charge in [-0.15, -0.1) is 9.35 Å². The fraction of sp³-hybridized carbons (Fsp3) is 0.194. The Morgan fingerprint density at radius 3 is 1.38 bits per heavy atom. The van der Waals surface area contributed by atoms with Crippen molar-refractivity contribution in [3.05, 3.63) is 144 Å². The highest BCUT2D eigenvalue weighted by Gasteiger charge is 2.36. The van der Waals surface area contributed by atoms with Gasteiger partial charge < -0.3 is 4.74 Å². The molecule has 7 nitrogen and oxygen atoms in total. The van der Waals surface area contributed by atoms with Crippen LogP contribution in [0.5, 0.6) is 0 Å². The minimum Gasteiger partial charge on any atom is -0.461 e. The number of carbonyl (C=O) groups is 1. The van der Waals surface area contributed by atoms with E-state index in [2.05, 4.69) is 0 Å². The maximum absolute atomic E-state index is 13.9. The smallest absolute Gasteiger partial charge is 0.385 e. The van der Waals surface area contributed by atoms with Crippen LogP contribution in [0.15, 0.2) is 121 Å². The number of ether oxygens (including phenoxy) is 1. The van der Waals surface area contributed by atoms with Crippen molar-refractivity contribution in [1.82, 2.24) is 0 Å². The molecular weight excluding hydrogens is 515 g/mol. The standard InChI is InChI=1S/C31H31O7P/c32-31(34-22-27-15-7-2-8-16-27)30(21-26-13-5-1-6-14-26)25-39(33,37-35-23-28-17-9-3-10-18-28)38-36-24-29-19-11-4-12-20-29/h1-20,30H,21-25H2. The highest BCUT2D eigenvalue weighted by Crippen LogP contribution is 2.51. The molecule has 39 heavy (non-hydrogen) atoms. The predicted octanol–water partition coefficient (Wildman–Crippen LogP) is 7.08. The van der Waals surface area contributed by atoms with Crippen LogP contribution in [0.2, 0.25) is 0 Å². The molecule has 0 fully saturated rings. The van der Waals surface area contributed by atoms with Crippen LogP contribution in [0.4, 0.5) is 0 Å². The first-order chi connectivity index (χ1) is 19.1. The van der Waals surface area contributed by atoms with E-state index in [0.717, 1.165) is 22.3 Å². The summed E-state index contributed by atoms with van der Waals surface area (Å²) in [4.78, 5) is 23.9. The van der Waals surface area contributed by atoms with Gasteiger partial charge in [-0.2, -0.15) is 0 Å². The first-order valence-electron chi connectivity index (χ1n) is 12.6. The molecule has 8 heteroatoms. The minimum atomic E-state index is -4.08. The molecule has 202 valence electrons. The van der Waals surface area contributed by atoms with Crippen LogP contribution < -0.4 is 0 Å². The molecule has 0 aliphatic carbocycles. The summed E-state index contributed by atoms with van der Waals surface area (Å²) in [5.74, 6) is -1.37. The molecule has 0 saturated carbocycles. The van der Waals surface area contributed by atoms with Crippen LogP contribution >= 0.6 is 7.60 Å². The Labute approximate surface area is 228 Å². The Morgan fingerprint density at radius 1 is 0.564 bits per heavy atom. The Morgan fingerprint density at radius 2 is 0.949 bits per heavy atom. The van der Waals surface area contributed by atoms with Crippen molar-refractivity contribution in [2.75, 3.05) is 6.16 Å². The summed E-state index contributed by atoms with van der Waals surface area (Å²) in [6.07, 6.45) is -0.0400. The van der Waals surface area contributed by atoms with Gasteiger partial charge in [0.25, 0.3) is 0 Å².